The number of benzene rings is 3. The molecule has 0 unspecified atom stereocenters. The molecule has 3 aliphatic rings. The third-order valence-corrected chi connectivity index (χ3v) is 8.06. The van der Waals surface area contributed by atoms with Crippen LogP contribution < -0.4 is 4.90 Å². The van der Waals surface area contributed by atoms with Gasteiger partial charge in [0.15, 0.2) is 0 Å². The molecule has 3 aromatic rings. The van der Waals surface area contributed by atoms with Gasteiger partial charge in [0, 0.05) is 11.5 Å². The Bertz CT molecular complexity index is 1560. The summed E-state index contributed by atoms with van der Waals surface area (Å²) in [5.74, 6) is 0.0726. The maximum absolute atomic E-state index is 14.3. The van der Waals surface area contributed by atoms with E-state index >= 15 is 0 Å². The number of carboxylic acid groups (broad SMARTS) is 2. The summed E-state index contributed by atoms with van der Waals surface area (Å²) in [6, 6.07) is 24.1. The number of aliphatic imine (C=N–C) groups is 1. The second kappa shape index (κ2) is 12.0. The SMILES string of the molecule is O=C(O)N1CCN(C(=O)O)C1=Nc1ccc(N2C(=O)N(Cc3ccccc3)N=C(C3CCCCC3)c3ccccc32)cc1. The molecule has 11 nitrogen and oxygen atoms in total. The van der Waals surface area contributed by atoms with E-state index in [1.54, 1.807) is 34.2 Å². The smallest absolute Gasteiger partial charge is 0.414 e. The van der Waals surface area contributed by atoms with Gasteiger partial charge < -0.3 is 10.2 Å². The van der Waals surface area contributed by atoms with Crippen molar-refractivity contribution < 1.29 is 24.6 Å². The summed E-state index contributed by atoms with van der Waals surface area (Å²) in [6.07, 6.45) is 2.95. The molecule has 0 spiro atoms. The Morgan fingerprint density at radius 1 is 0.814 bits per heavy atom. The molecule has 1 aliphatic carbocycles. The number of carbonyl (C=O) groups is 3. The first-order chi connectivity index (χ1) is 20.9. The van der Waals surface area contributed by atoms with E-state index in [1.807, 2.05) is 54.6 Å². The molecule has 0 aromatic heterocycles. The Labute approximate surface area is 249 Å². The number of para-hydroxylation sites is 1. The summed E-state index contributed by atoms with van der Waals surface area (Å²) < 4.78 is 0. The normalized spacial score (nSPS) is 17.4. The maximum Gasteiger partial charge on any atom is 0.414 e. The van der Waals surface area contributed by atoms with E-state index in [1.165, 1.54) is 6.42 Å². The van der Waals surface area contributed by atoms with E-state index in [4.69, 9.17) is 5.10 Å². The Balaban J connectivity index is 1.40. The van der Waals surface area contributed by atoms with Gasteiger partial charge in [-0.25, -0.2) is 34.2 Å². The third-order valence-electron chi connectivity index (χ3n) is 8.06. The summed E-state index contributed by atoms with van der Waals surface area (Å²) in [5.41, 5.74) is 4.47. The second-order valence-electron chi connectivity index (χ2n) is 10.8. The summed E-state index contributed by atoms with van der Waals surface area (Å²) in [4.78, 5) is 45.5. The summed E-state index contributed by atoms with van der Waals surface area (Å²) in [6.45, 7) is 0.304. The van der Waals surface area contributed by atoms with Crippen LogP contribution in [0.2, 0.25) is 0 Å². The lowest BCUT2D eigenvalue weighted by atomic mass is 9.83. The number of hydrogen-bond donors (Lipinski definition) is 2. The molecule has 220 valence electrons. The number of urea groups is 1. The number of fused-ring (bicyclic) bond motifs is 1. The number of guanidine groups is 1. The fourth-order valence-corrected chi connectivity index (χ4v) is 5.94. The van der Waals surface area contributed by atoms with Crippen LogP contribution in [0.3, 0.4) is 0 Å². The van der Waals surface area contributed by atoms with Crippen LogP contribution in [0.1, 0.15) is 43.2 Å². The molecule has 4 amide bonds. The summed E-state index contributed by atoms with van der Waals surface area (Å²) >= 11 is 0. The van der Waals surface area contributed by atoms with Crippen molar-refractivity contribution in [2.45, 2.75) is 38.6 Å². The number of hydrogen-bond acceptors (Lipinski definition) is 5. The predicted octanol–water partition coefficient (Wildman–Crippen LogP) is 6.71. The Hall–Kier alpha value is -5.19. The van der Waals surface area contributed by atoms with Gasteiger partial charge in [-0.2, -0.15) is 5.10 Å². The Morgan fingerprint density at radius 3 is 2.09 bits per heavy atom. The summed E-state index contributed by atoms with van der Waals surface area (Å²) in [7, 11) is 0. The molecule has 2 aliphatic heterocycles. The first kappa shape index (κ1) is 28.0. The molecule has 0 bridgehead atoms. The van der Waals surface area contributed by atoms with Gasteiger partial charge in [-0.1, -0.05) is 67.8 Å². The van der Waals surface area contributed by atoms with Gasteiger partial charge in [-0.05, 0) is 48.7 Å². The fraction of sp³-hybridized carbons (Fsp3) is 0.281. The average Bonchev–Trinajstić information content (AvgIpc) is 3.41. The molecule has 2 N–H and O–H groups in total. The van der Waals surface area contributed by atoms with E-state index in [0.29, 0.717) is 17.9 Å². The van der Waals surface area contributed by atoms with Crippen molar-refractivity contribution in [2.24, 2.45) is 16.0 Å². The van der Waals surface area contributed by atoms with Crippen molar-refractivity contribution >= 4 is 47.0 Å². The van der Waals surface area contributed by atoms with E-state index in [2.05, 4.69) is 4.99 Å². The monoisotopic (exact) mass is 580 g/mol. The highest BCUT2D eigenvalue weighted by Gasteiger charge is 2.36. The molecule has 0 atom stereocenters. The van der Waals surface area contributed by atoms with Crippen molar-refractivity contribution in [3.05, 3.63) is 90.0 Å². The molecular formula is C32H32N6O5. The number of hydrazone groups is 1. The van der Waals surface area contributed by atoms with Crippen LogP contribution in [0.4, 0.5) is 31.4 Å². The van der Waals surface area contributed by atoms with Crippen molar-refractivity contribution in [2.75, 3.05) is 18.0 Å². The highest BCUT2D eigenvalue weighted by molar-refractivity contribution is 6.14. The first-order valence-electron chi connectivity index (χ1n) is 14.4. The van der Waals surface area contributed by atoms with Crippen LogP contribution in [0, 0.1) is 5.92 Å². The minimum absolute atomic E-state index is 0.00180. The summed E-state index contributed by atoms with van der Waals surface area (Å²) in [5, 5.41) is 25.7. The Morgan fingerprint density at radius 2 is 1.44 bits per heavy atom. The zero-order valence-corrected chi connectivity index (χ0v) is 23.5. The van der Waals surface area contributed by atoms with Crippen LogP contribution in [0.5, 0.6) is 0 Å². The molecule has 43 heavy (non-hydrogen) atoms. The average molecular weight is 581 g/mol. The van der Waals surface area contributed by atoms with Crippen LogP contribution in [0.15, 0.2) is 89.0 Å². The lowest BCUT2D eigenvalue weighted by Crippen LogP contribution is -2.39. The van der Waals surface area contributed by atoms with Gasteiger partial charge in [0.2, 0.25) is 5.96 Å². The van der Waals surface area contributed by atoms with Gasteiger partial charge >= 0.3 is 18.2 Å². The Kier molecular flexibility index (Phi) is 7.78. The molecule has 3 aromatic carbocycles. The highest BCUT2D eigenvalue weighted by atomic mass is 16.4. The van der Waals surface area contributed by atoms with E-state index in [-0.39, 0.29) is 31.0 Å². The number of carbonyl (C=O) groups excluding carboxylic acids is 1. The topological polar surface area (TPSA) is 129 Å². The zero-order chi connectivity index (χ0) is 29.9. The van der Waals surface area contributed by atoms with Crippen molar-refractivity contribution in [1.82, 2.24) is 14.8 Å². The van der Waals surface area contributed by atoms with Crippen LogP contribution >= 0.6 is 0 Å². The number of rotatable bonds is 5. The molecule has 1 saturated heterocycles. The number of nitrogens with zero attached hydrogens (tertiary/aromatic N) is 6. The standard InChI is InChI=1S/C32H32N6O5/c39-30-37(21-22-9-3-1-4-10-22)34-28(23-11-5-2-6-12-23)26-13-7-8-14-27(26)38(30)25-17-15-24(16-18-25)33-29-35(31(40)41)19-20-36(29)32(42)43/h1,3-4,7-10,13-18,23H,2,5-6,11-12,19-21H2,(H,40,41)(H,42,43). The van der Waals surface area contributed by atoms with Crippen LogP contribution in [-0.2, 0) is 6.54 Å². The van der Waals surface area contributed by atoms with Crippen molar-refractivity contribution in [1.29, 1.82) is 0 Å². The molecule has 6 rings (SSSR count). The van der Waals surface area contributed by atoms with Gasteiger partial charge in [0.05, 0.1) is 42.4 Å². The predicted molar refractivity (Wildman–Crippen MR) is 162 cm³/mol. The van der Waals surface area contributed by atoms with Crippen molar-refractivity contribution in [3.63, 3.8) is 0 Å². The van der Waals surface area contributed by atoms with Crippen LogP contribution in [-0.4, -0.2) is 68.0 Å². The third kappa shape index (κ3) is 5.66. The second-order valence-corrected chi connectivity index (χ2v) is 10.8. The van der Waals surface area contributed by atoms with E-state index < -0.39 is 12.2 Å². The number of anilines is 2. The van der Waals surface area contributed by atoms with Crippen LogP contribution in [0.25, 0.3) is 0 Å². The fourth-order valence-electron chi connectivity index (χ4n) is 5.94. The lowest BCUT2D eigenvalue weighted by Gasteiger charge is -2.27. The molecule has 0 radical (unpaired) electrons. The number of amides is 4. The highest BCUT2D eigenvalue weighted by Crippen LogP contribution is 2.38. The molecule has 1 saturated carbocycles. The zero-order valence-electron chi connectivity index (χ0n) is 23.5. The van der Waals surface area contributed by atoms with Crippen molar-refractivity contribution in [3.8, 4) is 0 Å². The lowest BCUT2D eigenvalue weighted by molar-refractivity contribution is 0.171. The molecule has 2 fully saturated rings. The van der Waals surface area contributed by atoms with Gasteiger partial charge in [-0.15, -0.1) is 0 Å². The largest absolute Gasteiger partial charge is 0.465 e. The quantitative estimate of drug-likeness (QED) is 0.347. The van der Waals surface area contributed by atoms with Gasteiger partial charge in [0.25, 0.3) is 0 Å². The van der Waals surface area contributed by atoms with E-state index in [9.17, 15) is 24.6 Å². The molecule has 2 heterocycles. The van der Waals surface area contributed by atoms with Gasteiger partial charge in [-0.3, -0.25) is 4.90 Å². The van der Waals surface area contributed by atoms with Gasteiger partial charge in [0.1, 0.15) is 0 Å². The molecular weight excluding hydrogens is 548 g/mol. The molecule has 11 heteroatoms. The minimum Gasteiger partial charge on any atom is -0.465 e. The first-order valence-corrected chi connectivity index (χ1v) is 14.4. The maximum atomic E-state index is 14.3. The van der Waals surface area contributed by atoms with E-state index in [0.717, 1.165) is 58.0 Å². The minimum atomic E-state index is -1.28.